The molecule has 0 aliphatic carbocycles. The average molecular weight is 219 g/mol. The number of halogens is 1. The molecule has 2 nitrogen and oxygen atoms in total. The van der Waals surface area contributed by atoms with Crippen LogP contribution < -0.4 is 0 Å². The Labute approximate surface area is 94.0 Å². The van der Waals surface area contributed by atoms with E-state index in [1.54, 1.807) is 0 Å². The SMILES string of the molecule is Cc1c(Cl)ncnc1Cc1ccccc1. The van der Waals surface area contributed by atoms with E-state index in [0.29, 0.717) is 5.15 Å². The van der Waals surface area contributed by atoms with Gasteiger partial charge in [0.1, 0.15) is 11.5 Å². The van der Waals surface area contributed by atoms with Crippen molar-refractivity contribution in [2.75, 3.05) is 0 Å². The summed E-state index contributed by atoms with van der Waals surface area (Å²) in [6, 6.07) is 10.2. The highest BCUT2D eigenvalue weighted by Gasteiger charge is 2.05. The van der Waals surface area contributed by atoms with Crippen molar-refractivity contribution in [1.82, 2.24) is 9.97 Å². The minimum Gasteiger partial charge on any atom is -0.241 e. The van der Waals surface area contributed by atoms with E-state index in [-0.39, 0.29) is 0 Å². The molecule has 0 bridgehead atoms. The lowest BCUT2D eigenvalue weighted by Crippen LogP contribution is -1.97. The molecular formula is C12H11ClN2. The molecule has 76 valence electrons. The van der Waals surface area contributed by atoms with Gasteiger partial charge in [-0.1, -0.05) is 41.9 Å². The first-order chi connectivity index (χ1) is 7.27. The van der Waals surface area contributed by atoms with Crippen LogP contribution in [0.4, 0.5) is 0 Å². The highest BCUT2D eigenvalue weighted by Crippen LogP contribution is 2.16. The van der Waals surface area contributed by atoms with Crippen LogP contribution in [-0.2, 0) is 6.42 Å². The van der Waals surface area contributed by atoms with Gasteiger partial charge >= 0.3 is 0 Å². The van der Waals surface area contributed by atoms with E-state index < -0.39 is 0 Å². The topological polar surface area (TPSA) is 25.8 Å². The Morgan fingerprint density at radius 3 is 2.60 bits per heavy atom. The molecule has 1 aromatic carbocycles. The number of hydrogen-bond acceptors (Lipinski definition) is 2. The molecule has 1 heterocycles. The lowest BCUT2D eigenvalue weighted by atomic mass is 10.1. The fraction of sp³-hybridized carbons (Fsp3) is 0.167. The molecule has 0 spiro atoms. The largest absolute Gasteiger partial charge is 0.241 e. The Hall–Kier alpha value is -1.41. The minimum atomic E-state index is 0.538. The minimum absolute atomic E-state index is 0.538. The van der Waals surface area contributed by atoms with Gasteiger partial charge in [0.2, 0.25) is 0 Å². The standard InChI is InChI=1S/C12H11ClN2/c1-9-11(14-8-15-12(9)13)7-10-5-3-2-4-6-10/h2-6,8H,7H2,1H3. The number of aromatic nitrogens is 2. The van der Waals surface area contributed by atoms with Crippen molar-refractivity contribution in [1.29, 1.82) is 0 Å². The van der Waals surface area contributed by atoms with Crippen molar-refractivity contribution in [2.45, 2.75) is 13.3 Å². The van der Waals surface area contributed by atoms with Crippen LogP contribution in [0, 0.1) is 6.92 Å². The van der Waals surface area contributed by atoms with Crippen molar-refractivity contribution in [3.05, 3.63) is 58.6 Å². The average Bonchev–Trinajstić information content (AvgIpc) is 2.26. The molecule has 0 unspecified atom stereocenters. The zero-order valence-electron chi connectivity index (χ0n) is 8.44. The van der Waals surface area contributed by atoms with Crippen molar-refractivity contribution >= 4 is 11.6 Å². The summed E-state index contributed by atoms with van der Waals surface area (Å²) in [6.07, 6.45) is 2.31. The second kappa shape index (κ2) is 4.41. The third kappa shape index (κ3) is 2.34. The third-order valence-electron chi connectivity index (χ3n) is 2.34. The summed E-state index contributed by atoms with van der Waals surface area (Å²) < 4.78 is 0. The number of hydrogen-bond donors (Lipinski definition) is 0. The van der Waals surface area contributed by atoms with Gasteiger partial charge in [0.05, 0.1) is 5.69 Å². The van der Waals surface area contributed by atoms with Crippen molar-refractivity contribution < 1.29 is 0 Å². The first-order valence-electron chi connectivity index (χ1n) is 4.77. The summed E-state index contributed by atoms with van der Waals surface area (Å²) in [5.74, 6) is 0. The lowest BCUT2D eigenvalue weighted by Gasteiger charge is -2.05. The Bertz CT molecular complexity index is 454. The summed E-state index contributed by atoms with van der Waals surface area (Å²) in [4.78, 5) is 8.17. The molecule has 0 saturated heterocycles. The molecule has 3 heteroatoms. The van der Waals surface area contributed by atoms with Crippen LogP contribution >= 0.6 is 11.6 Å². The Kier molecular flexibility index (Phi) is 2.97. The smallest absolute Gasteiger partial charge is 0.135 e. The molecular weight excluding hydrogens is 208 g/mol. The summed E-state index contributed by atoms with van der Waals surface area (Å²) in [7, 11) is 0. The highest BCUT2D eigenvalue weighted by molar-refractivity contribution is 6.30. The molecule has 0 fully saturated rings. The molecule has 0 radical (unpaired) electrons. The van der Waals surface area contributed by atoms with E-state index in [2.05, 4.69) is 22.1 Å². The first kappa shape index (κ1) is 10.1. The zero-order chi connectivity index (χ0) is 10.7. The first-order valence-corrected chi connectivity index (χ1v) is 5.15. The molecule has 1 aromatic heterocycles. The van der Waals surface area contributed by atoms with Gasteiger partial charge < -0.3 is 0 Å². The van der Waals surface area contributed by atoms with Crippen LogP contribution in [0.5, 0.6) is 0 Å². The van der Waals surface area contributed by atoms with Crippen LogP contribution in [0.15, 0.2) is 36.7 Å². The summed E-state index contributed by atoms with van der Waals surface area (Å²) in [5.41, 5.74) is 3.18. The number of benzene rings is 1. The summed E-state index contributed by atoms with van der Waals surface area (Å²) >= 11 is 5.93. The molecule has 2 aromatic rings. The van der Waals surface area contributed by atoms with Gasteiger partial charge in [0.25, 0.3) is 0 Å². The molecule has 0 atom stereocenters. The van der Waals surface area contributed by atoms with E-state index in [1.165, 1.54) is 11.9 Å². The predicted octanol–water partition coefficient (Wildman–Crippen LogP) is 3.03. The van der Waals surface area contributed by atoms with E-state index in [1.807, 2.05) is 25.1 Å². The Morgan fingerprint density at radius 2 is 1.87 bits per heavy atom. The molecule has 0 amide bonds. The monoisotopic (exact) mass is 218 g/mol. The molecule has 0 aliphatic rings. The van der Waals surface area contributed by atoms with Gasteiger partial charge in [-0.25, -0.2) is 9.97 Å². The normalized spacial score (nSPS) is 10.3. The molecule has 15 heavy (non-hydrogen) atoms. The van der Waals surface area contributed by atoms with Gasteiger partial charge in [-0.15, -0.1) is 0 Å². The predicted molar refractivity (Wildman–Crippen MR) is 61.0 cm³/mol. The van der Waals surface area contributed by atoms with E-state index >= 15 is 0 Å². The molecule has 0 aliphatic heterocycles. The van der Waals surface area contributed by atoms with Crippen molar-refractivity contribution in [2.24, 2.45) is 0 Å². The van der Waals surface area contributed by atoms with E-state index in [0.717, 1.165) is 17.7 Å². The van der Waals surface area contributed by atoms with Crippen molar-refractivity contribution in [3.8, 4) is 0 Å². The van der Waals surface area contributed by atoms with Crippen LogP contribution in [-0.4, -0.2) is 9.97 Å². The molecule has 0 N–H and O–H groups in total. The quantitative estimate of drug-likeness (QED) is 0.725. The maximum atomic E-state index is 5.93. The molecule has 2 rings (SSSR count). The maximum absolute atomic E-state index is 5.93. The van der Waals surface area contributed by atoms with Gasteiger partial charge in [-0.2, -0.15) is 0 Å². The summed E-state index contributed by atoms with van der Waals surface area (Å²) in [5, 5.41) is 0.538. The second-order valence-electron chi connectivity index (χ2n) is 3.40. The van der Waals surface area contributed by atoms with Gasteiger partial charge in [-0.3, -0.25) is 0 Å². The lowest BCUT2D eigenvalue weighted by molar-refractivity contribution is 0.995. The third-order valence-corrected chi connectivity index (χ3v) is 2.72. The number of rotatable bonds is 2. The molecule has 0 saturated carbocycles. The fourth-order valence-electron chi connectivity index (χ4n) is 1.43. The fourth-order valence-corrected chi connectivity index (χ4v) is 1.58. The van der Waals surface area contributed by atoms with Crippen LogP contribution in [0.2, 0.25) is 5.15 Å². The maximum Gasteiger partial charge on any atom is 0.135 e. The Morgan fingerprint density at radius 1 is 1.13 bits per heavy atom. The van der Waals surface area contributed by atoms with Gasteiger partial charge in [0.15, 0.2) is 0 Å². The van der Waals surface area contributed by atoms with Crippen LogP contribution in [0.25, 0.3) is 0 Å². The van der Waals surface area contributed by atoms with E-state index in [9.17, 15) is 0 Å². The van der Waals surface area contributed by atoms with Crippen LogP contribution in [0.1, 0.15) is 16.8 Å². The Balaban J connectivity index is 2.29. The highest BCUT2D eigenvalue weighted by atomic mass is 35.5. The van der Waals surface area contributed by atoms with E-state index in [4.69, 9.17) is 11.6 Å². The number of nitrogens with zero attached hydrogens (tertiary/aromatic N) is 2. The summed E-state index contributed by atoms with van der Waals surface area (Å²) in [6.45, 7) is 1.95. The second-order valence-corrected chi connectivity index (χ2v) is 3.76. The zero-order valence-corrected chi connectivity index (χ0v) is 9.20. The van der Waals surface area contributed by atoms with Crippen molar-refractivity contribution in [3.63, 3.8) is 0 Å². The van der Waals surface area contributed by atoms with Gasteiger partial charge in [0, 0.05) is 12.0 Å². The van der Waals surface area contributed by atoms with Crippen LogP contribution in [0.3, 0.4) is 0 Å². The van der Waals surface area contributed by atoms with Gasteiger partial charge in [-0.05, 0) is 12.5 Å².